The Kier molecular flexibility index (Phi) is 3.08. The summed E-state index contributed by atoms with van der Waals surface area (Å²) in [7, 11) is 0. The minimum Gasteiger partial charge on any atom is -0.478 e. The van der Waals surface area contributed by atoms with Gasteiger partial charge in [-0.15, -0.1) is 0 Å². The Morgan fingerprint density at radius 3 is 2.75 bits per heavy atom. The van der Waals surface area contributed by atoms with Crippen LogP contribution in [0.5, 0.6) is 11.5 Å². The first-order valence-electron chi connectivity index (χ1n) is 5.90. The molecule has 2 heterocycles. The minimum atomic E-state index is -1.05. The highest BCUT2D eigenvalue weighted by Crippen LogP contribution is 2.32. The van der Waals surface area contributed by atoms with E-state index in [1.54, 1.807) is 0 Å². The highest BCUT2D eigenvalue weighted by molar-refractivity contribution is 5.86. The zero-order valence-corrected chi connectivity index (χ0v) is 10.4. The number of fused-ring (bicyclic) bond motifs is 1. The van der Waals surface area contributed by atoms with E-state index in [0.29, 0.717) is 18.2 Å². The summed E-state index contributed by atoms with van der Waals surface area (Å²) in [6, 6.07) is 5.63. The number of carboxylic acids is 1. The third-order valence-corrected chi connectivity index (χ3v) is 2.79. The fraction of sp³-hybridized carbons (Fsp3) is 0.154. The van der Waals surface area contributed by atoms with Crippen LogP contribution in [0.2, 0.25) is 0 Å². The number of hydrogen-bond donors (Lipinski definition) is 2. The molecule has 2 aromatic rings. The lowest BCUT2D eigenvalue weighted by atomic mass is 10.2. The van der Waals surface area contributed by atoms with E-state index < -0.39 is 5.97 Å². The maximum absolute atomic E-state index is 10.7. The first-order chi connectivity index (χ1) is 9.72. The van der Waals surface area contributed by atoms with Crippen LogP contribution < -0.4 is 14.8 Å². The third kappa shape index (κ3) is 2.46. The van der Waals surface area contributed by atoms with Crippen LogP contribution in [0.25, 0.3) is 0 Å². The molecule has 1 aromatic carbocycles. The second kappa shape index (κ2) is 5.04. The number of nitrogens with zero attached hydrogens (tertiary/aromatic N) is 2. The summed E-state index contributed by atoms with van der Waals surface area (Å²) in [5.74, 6) is 0.766. The summed E-state index contributed by atoms with van der Waals surface area (Å²) in [6.07, 6.45) is 2.52. The molecule has 0 aliphatic carbocycles. The van der Waals surface area contributed by atoms with Crippen LogP contribution in [-0.4, -0.2) is 27.8 Å². The summed E-state index contributed by atoms with van der Waals surface area (Å²) in [6.45, 7) is 0.745. The summed E-state index contributed by atoms with van der Waals surface area (Å²) < 4.78 is 10.5. The second-order valence-corrected chi connectivity index (χ2v) is 4.14. The van der Waals surface area contributed by atoms with Crippen molar-refractivity contribution in [2.45, 2.75) is 6.54 Å². The Morgan fingerprint density at radius 2 is 2.00 bits per heavy atom. The summed E-state index contributed by atoms with van der Waals surface area (Å²) in [5, 5.41) is 11.8. The van der Waals surface area contributed by atoms with Crippen molar-refractivity contribution in [1.29, 1.82) is 0 Å². The van der Waals surface area contributed by atoms with Crippen molar-refractivity contribution in [3.8, 4) is 11.5 Å². The van der Waals surface area contributed by atoms with Gasteiger partial charge >= 0.3 is 5.97 Å². The molecule has 0 radical (unpaired) electrons. The fourth-order valence-corrected chi connectivity index (χ4v) is 1.76. The Balaban J connectivity index is 1.65. The first-order valence-corrected chi connectivity index (χ1v) is 5.90. The first kappa shape index (κ1) is 12.2. The molecule has 1 aliphatic heterocycles. The lowest BCUT2D eigenvalue weighted by Gasteiger charge is -2.05. The predicted octanol–water partition coefficient (Wildman–Crippen LogP) is 1.52. The Hall–Kier alpha value is -2.83. The van der Waals surface area contributed by atoms with Crippen molar-refractivity contribution in [3.05, 3.63) is 41.7 Å². The van der Waals surface area contributed by atoms with Gasteiger partial charge in [-0.25, -0.2) is 14.8 Å². The quantitative estimate of drug-likeness (QED) is 0.872. The molecule has 0 unspecified atom stereocenters. The van der Waals surface area contributed by atoms with E-state index >= 15 is 0 Å². The molecule has 3 rings (SSSR count). The number of carboxylic acid groups (broad SMARTS) is 1. The molecule has 0 saturated heterocycles. The molecule has 0 atom stereocenters. The van der Waals surface area contributed by atoms with E-state index in [4.69, 9.17) is 14.6 Å². The zero-order valence-electron chi connectivity index (χ0n) is 10.4. The molecule has 1 aromatic heterocycles. The molecule has 0 amide bonds. The van der Waals surface area contributed by atoms with Crippen LogP contribution >= 0.6 is 0 Å². The topological polar surface area (TPSA) is 93.6 Å². The number of nitrogens with one attached hydrogen (secondary N) is 1. The maximum atomic E-state index is 10.7. The number of aromatic carboxylic acids is 1. The number of carbonyl (C=O) groups is 1. The zero-order chi connectivity index (χ0) is 13.9. The van der Waals surface area contributed by atoms with E-state index in [9.17, 15) is 4.79 Å². The third-order valence-electron chi connectivity index (χ3n) is 2.79. The number of aromatic nitrogens is 2. The molecule has 0 fully saturated rings. The van der Waals surface area contributed by atoms with Crippen molar-refractivity contribution in [3.63, 3.8) is 0 Å². The number of benzene rings is 1. The number of ether oxygens (including phenoxy) is 2. The van der Waals surface area contributed by atoms with Crippen LogP contribution in [0, 0.1) is 0 Å². The van der Waals surface area contributed by atoms with Gasteiger partial charge in [0.05, 0.1) is 5.56 Å². The van der Waals surface area contributed by atoms with Crippen LogP contribution in [0.3, 0.4) is 0 Å². The fourth-order valence-electron chi connectivity index (χ4n) is 1.76. The Bertz CT molecular complexity index is 643. The predicted molar refractivity (Wildman–Crippen MR) is 68.9 cm³/mol. The van der Waals surface area contributed by atoms with Gasteiger partial charge in [-0.3, -0.25) is 0 Å². The Labute approximate surface area is 114 Å². The molecule has 7 heteroatoms. The van der Waals surface area contributed by atoms with E-state index in [0.717, 1.165) is 11.3 Å². The lowest BCUT2D eigenvalue weighted by Crippen LogP contribution is -2.05. The van der Waals surface area contributed by atoms with Gasteiger partial charge in [0, 0.05) is 18.9 Å². The van der Waals surface area contributed by atoms with Gasteiger partial charge in [-0.1, -0.05) is 6.07 Å². The van der Waals surface area contributed by atoms with Gasteiger partial charge in [-0.05, 0) is 17.7 Å². The average molecular weight is 273 g/mol. The molecule has 2 N–H and O–H groups in total. The highest BCUT2D eigenvalue weighted by Gasteiger charge is 2.13. The maximum Gasteiger partial charge on any atom is 0.338 e. The van der Waals surface area contributed by atoms with Crippen molar-refractivity contribution >= 4 is 11.9 Å². The molecule has 0 saturated carbocycles. The molecule has 1 aliphatic rings. The van der Waals surface area contributed by atoms with Crippen molar-refractivity contribution < 1.29 is 19.4 Å². The SMILES string of the molecule is O=C(O)c1cnc(NCc2ccc3c(c2)OCO3)nc1. The number of anilines is 1. The van der Waals surface area contributed by atoms with E-state index in [1.165, 1.54) is 12.4 Å². The monoisotopic (exact) mass is 273 g/mol. The van der Waals surface area contributed by atoms with Gasteiger partial charge in [0.25, 0.3) is 0 Å². The van der Waals surface area contributed by atoms with Crippen LogP contribution in [-0.2, 0) is 6.54 Å². The molecular formula is C13H11N3O4. The van der Waals surface area contributed by atoms with E-state index in [-0.39, 0.29) is 12.4 Å². The molecule has 102 valence electrons. The Morgan fingerprint density at radius 1 is 1.25 bits per heavy atom. The van der Waals surface area contributed by atoms with Crippen molar-refractivity contribution in [2.24, 2.45) is 0 Å². The molecular weight excluding hydrogens is 262 g/mol. The van der Waals surface area contributed by atoms with Gasteiger partial charge in [0.15, 0.2) is 11.5 Å². The van der Waals surface area contributed by atoms with E-state index in [2.05, 4.69) is 15.3 Å². The van der Waals surface area contributed by atoms with Crippen LogP contribution in [0.15, 0.2) is 30.6 Å². The van der Waals surface area contributed by atoms with E-state index in [1.807, 2.05) is 18.2 Å². The molecule has 7 nitrogen and oxygen atoms in total. The second-order valence-electron chi connectivity index (χ2n) is 4.14. The van der Waals surface area contributed by atoms with Crippen molar-refractivity contribution in [2.75, 3.05) is 12.1 Å². The smallest absolute Gasteiger partial charge is 0.338 e. The lowest BCUT2D eigenvalue weighted by molar-refractivity contribution is 0.0696. The molecule has 0 spiro atoms. The summed E-state index contributed by atoms with van der Waals surface area (Å²) in [4.78, 5) is 18.5. The summed E-state index contributed by atoms with van der Waals surface area (Å²) in [5.41, 5.74) is 1.04. The highest BCUT2D eigenvalue weighted by atomic mass is 16.7. The minimum absolute atomic E-state index is 0.0543. The van der Waals surface area contributed by atoms with Crippen LogP contribution in [0.4, 0.5) is 5.95 Å². The summed E-state index contributed by atoms with van der Waals surface area (Å²) >= 11 is 0. The van der Waals surface area contributed by atoms with Gasteiger partial charge < -0.3 is 19.9 Å². The average Bonchev–Trinajstić information content (AvgIpc) is 2.93. The van der Waals surface area contributed by atoms with Crippen molar-refractivity contribution in [1.82, 2.24) is 9.97 Å². The van der Waals surface area contributed by atoms with Gasteiger partial charge in [-0.2, -0.15) is 0 Å². The number of rotatable bonds is 4. The normalized spacial score (nSPS) is 12.2. The van der Waals surface area contributed by atoms with Gasteiger partial charge in [0.1, 0.15) is 0 Å². The molecule has 20 heavy (non-hydrogen) atoms. The number of hydrogen-bond acceptors (Lipinski definition) is 6. The standard InChI is InChI=1S/C13H11N3O4/c17-12(18)9-5-15-13(16-6-9)14-4-8-1-2-10-11(3-8)20-7-19-10/h1-3,5-6H,4,7H2,(H,17,18)(H,14,15,16). The van der Waals surface area contributed by atoms with Crippen LogP contribution in [0.1, 0.15) is 15.9 Å². The largest absolute Gasteiger partial charge is 0.478 e. The molecule has 0 bridgehead atoms. The van der Waals surface area contributed by atoms with Gasteiger partial charge in [0.2, 0.25) is 12.7 Å².